The van der Waals surface area contributed by atoms with Crippen molar-refractivity contribution < 1.29 is 4.74 Å². The number of benzene rings is 1. The van der Waals surface area contributed by atoms with Crippen LogP contribution >= 0.6 is 0 Å². The highest BCUT2D eigenvalue weighted by Crippen LogP contribution is 2.57. The fraction of sp³-hybridized carbons (Fsp3) is 0.667. The summed E-state index contributed by atoms with van der Waals surface area (Å²) in [5, 5.41) is 3.78. The maximum absolute atomic E-state index is 6.66. The van der Waals surface area contributed by atoms with Gasteiger partial charge in [-0.15, -0.1) is 0 Å². The fourth-order valence-corrected chi connectivity index (χ4v) is 5.08. The van der Waals surface area contributed by atoms with Crippen LogP contribution < -0.4 is 5.32 Å². The molecule has 1 aromatic carbocycles. The summed E-state index contributed by atoms with van der Waals surface area (Å²) in [4.78, 5) is 0. The van der Waals surface area contributed by atoms with Crippen molar-refractivity contribution in [1.29, 1.82) is 0 Å². The number of rotatable bonds is 4. The van der Waals surface area contributed by atoms with E-state index in [0.717, 1.165) is 18.4 Å². The molecule has 0 spiro atoms. The summed E-state index contributed by atoms with van der Waals surface area (Å²) in [5.74, 6) is 1.78. The quantitative estimate of drug-likeness (QED) is 0.898. The minimum atomic E-state index is -0.0318. The van der Waals surface area contributed by atoms with Gasteiger partial charge in [0.15, 0.2) is 0 Å². The van der Waals surface area contributed by atoms with Gasteiger partial charge in [-0.05, 0) is 55.9 Å². The molecule has 2 aliphatic carbocycles. The number of hydrogen-bond acceptors (Lipinski definition) is 2. The largest absolute Gasteiger partial charge is 0.354 e. The molecule has 2 heteroatoms. The fourth-order valence-electron chi connectivity index (χ4n) is 5.08. The molecule has 2 saturated carbocycles. The Bertz CT molecular complexity index is 469. The van der Waals surface area contributed by atoms with Crippen molar-refractivity contribution in [1.82, 2.24) is 5.32 Å². The Morgan fingerprint density at radius 2 is 1.80 bits per heavy atom. The van der Waals surface area contributed by atoms with E-state index in [1.54, 1.807) is 0 Å². The van der Waals surface area contributed by atoms with Gasteiger partial charge in [-0.25, -0.2) is 0 Å². The zero-order valence-corrected chi connectivity index (χ0v) is 12.4. The molecule has 4 fully saturated rings. The third kappa shape index (κ3) is 2.10. The van der Waals surface area contributed by atoms with Gasteiger partial charge in [-0.1, -0.05) is 37.3 Å². The second-order valence-electron chi connectivity index (χ2n) is 7.26. The van der Waals surface area contributed by atoms with Crippen LogP contribution in [0.5, 0.6) is 0 Å². The van der Waals surface area contributed by atoms with Crippen molar-refractivity contribution in [2.75, 3.05) is 0 Å². The lowest BCUT2D eigenvalue weighted by Gasteiger charge is -2.62. The normalized spacial score (nSPS) is 42.0. The molecular weight excluding hydrogens is 246 g/mol. The van der Waals surface area contributed by atoms with Crippen LogP contribution in [-0.4, -0.2) is 11.3 Å². The molecule has 0 aromatic heterocycles. The smallest absolute Gasteiger partial charge is 0.120 e. The molecule has 2 saturated heterocycles. The van der Waals surface area contributed by atoms with Crippen LogP contribution in [-0.2, 0) is 11.3 Å². The maximum Gasteiger partial charge on any atom is 0.120 e. The van der Waals surface area contributed by atoms with E-state index in [1.807, 2.05) is 0 Å². The van der Waals surface area contributed by atoms with Crippen LogP contribution in [0.2, 0.25) is 0 Å². The lowest BCUT2D eigenvalue weighted by Crippen LogP contribution is -2.66. The Morgan fingerprint density at radius 3 is 2.45 bits per heavy atom. The van der Waals surface area contributed by atoms with Gasteiger partial charge in [0.05, 0.1) is 5.60 Å². The second-order valence-corrected chi connectivity index (χ2v) is 7.26. The van der Waals surface area contributed by atoms with E-state index in [2.05, 4.69) is 42.6 Å². The lowest BCUT2D eigenvalue weighted by atomic mass is 9.59. The Labute approximate surface area is 121 Å². The van der Waals surface area contributed by atoms with Gasteiger partial charge in [-0.3, -0.25) is 5.32 Å². The molecular formula is C18H25NO. The third-order valence-electron chi connectivity index (χ3n) is 5.74. The first kappa shape index (κ1) is 12.8. The Morgan fingerprint density at radius 1 is 1.10 bits per heavy atom. The van der Waals surface area contributed by atoms with E-state index < -0.39 is 0 Å². The van der Waals surface area contributed by atoms with Crippen molar-refractivity contribution >= 4 is 0 Å². The van der Waals surface area contributed by atoms with Crippen LogP contribution in [0, 0.1) is 11.8 Å². The van der Waals surface area contributed by atoms with Crippen molar-refractivity contribution in [2.24, 2.45) is 11.8 Å². The molecule has 2 nitrogen and oxygen atoms in total. The lowest BCUT2D eigenvalue weighted by molar-refractivity contribution is -0.287. The highest BCUT2D eigenvalue weighted by atomic mass is 16.5. The van der Waals surface area contributed by atoms with Crippen LogP contribution in [0.15, 0.2) is 30.3 Å². The first-order valence-corrected chi connectivity index (χ1v) is 8.20. The first-order valence-electron chi connectivity index (χ1n) is 8.20. The Balaban J connectivity index is 1.52. The number of nitrogens with one attached hydrogen (secondary N) is 1. The molecule has 1 aromatic rings. The van der Waals surface area contributed by atoms with E-state index in [1.165, 1.54) is 44.1 Å². The monoisotopic (exact) mass is 271 g/mol. The van der Waals surface area contributed by atoms with Gasteiger partial charge in [0.1, 0.15) is 5.72 Å². The molecule has 2 unspecified atom stereocenters. The summed E-state index contributed by atoms with van der Waals surface area (Å²) < 4.78 is 6.66. The SMILES string of the molecule is CCC12C[C@H]3C[C@@H](C1)CC(NCc1ccccc1)(C3)O2. The zero-order chi connectivity index (χ0) is 13.6. The molecule has 4 bridgehead atoms. The van der Waals surface area contributed by atoms with E-state index in [9.17, 15) is 0 Å². The number of ether oxygens (including phenoxy) is 1. The average molecular weight is 271 g/mol. The molecule has 2 heterocycles. The summed E-state index contributed by atoms with van der Waals surface area (Å²) >= 11 is 0. The van der Waals surface area contributed by atoms with E-state index in [-0.39, 0.29) is 11.3 Å². The summed E-state index contributed by atoms with van der Waals surface area (Å²) in [6.45, 7) is 3.23. The highest BCUT2D eigenvalue weighted by Gasteiger charge is 2.57. The molecule has 108 valence electrons. The topological polar surface area (TPSA) is 21.3 Å². The maximum atomic E-state index is 6.66. The van der Waals surface area contributed by atoms with Gasteiger partial charge >= 0.3 is 0 Å². The van der Waals surface area contributed by atoms with E-state index >= 15 is 0 Å². The molecule has 2 aliphatic heterocycles. The predicted molar refractivity (Wildman–Crippen MR) is 80.2 cm³/mol. The zero-order valence-electron chi connectivity index (χ0n) is 12.4. The average Bonchev–Trinajstić information content (AvgIpc) is 2.45. The molecule has 0 radical (unpaired) electrons. The van der Waals surface area contributed by atoms with E-state index in [0.29, 0.717) is 0 Å². The van der Waals surface area contributed by atoms with Gasteiger partial charge in [0.2, 0.25) is 0 Å². The van der Waals surface area contributed by atoms with Gasteiger partial charge < -0.3 is 4.74 Å². The molecule has 4 aliphatic rings. The minimum Gasteiger partial charge on any atom is -0.354 e. The predicted octanol–water partition coefficient (Wildman–Crippen LogP) is 3.86. The first-order chi connectivity index (χ1) is 9.71. The van der Waals surface area contributed by atoms with Crippen molar-refractivity contribution in [2.45, 2.75) is 63.3 Å². The Kier molecular flexibility index (Phi) is 2.94. The molecule has 4 atom stereocenters. The molecule has 0 amide bonds. The van der Waals surface area contributed by atoms with Crippen molar-refractivity contribution in [3.63, 3.8) is 0 Å². The second kappa shape index (κ2) is 4.57. The minimum absolute atomic E-state index is 0.0318. The highest BCUT2D eigenvalue weighted by molar-refractivity contribution is 5.15. The van der Waals surface area contributed by atoms with E-state index in [4.69, 9.17) is 4.74 Å². The van der Waals surface area contributed by atoms with Crippen LogP contribution in [0.4, 0.5) is 0 Å². The summed E-state index contributed by atoms with van der Waals surface area (Å²) in [6, 6.07) is 10.7. The van der Waals surface area contributed by atoms with Crippen LogP contribution in [0.3, 0.4) is 0 Å². The van der Waals surface area contributed by atoms with Gasteiger partial charge in [-0.2, -0.15) is 0 Å². The molecule has 5 rings (SSSR count). The van der Waals surface area contributed by atoms with Crippen molar-refractivity contribution in [3.05, 3.63) is 35.9 Å². The summed E-state index contributed by atoms with van der Waals surface area (Å²) in [7, 11) is 0. The number of hydrogen-bond donors (Lipinski definition) is 1. The Hall–Kier alpha value is -0.860. The van der Waals surface area contributed by atoms with Crippen LogP contribution in [0.1, 0.15) is 51.0 Å². The van der Waals surface area contributed by atoms with Gasteiger partial charge in [0, 0.05) is 6.54 Å². The standard InChI is InChI=1S/C18H25NO/c1-2-17-9-15-8-16(10-17)12-18(11-15,20-17)19-13-14-6-4-3-5-7-14/h3-7,15-16,19H,2,8-13H2,1H3/t15-,16+,17?,18?. The van der Waals surface area contributed by atoms with Gasteiger partial charge in [0.25, 0.3) is 0 Å². The van der Waals surface area contributed by atoms with Crippen molar-refractivity contribution in [3.8, 4) is 0 Å². The molecule has 1 N–H and O–H groups in total. The third-order valence-corrected chi connectivity index (χ3v) is 5.74. The summed E-state index contributed by atoms with van der Waals surface area (Å²) in [6.07, 6.45) is 7.66. The summed E-state index contributed by atoms with van der Waals surface area (Å²) in [5.41, 5.74) is 1.52. The van der Waals surface area contributed by atoms with Crippen LogP contribution in [0.25, 0.3) is 0 Å². The molecule has 20 heavy (non-hydrogen) atoms.